The Hall–Kier alpha value is -2.68. The Bertz CT molecular complexity index is 894. The van der Waals surface area contributed by atoms with E-state index >= 15 is 0 Å². The van der Waals surface area contributed by atoms with E-state index in [4.69, 9.17) is 0 Å². The Morgan fingerprint density at radius 3 is 1.54 bits per heavy atom. The fourth-order valence-corrected chi connectivity index (χ4v) is 3.95. The van der Waals surface area contributed by atoms with Crippen molar-refractivity contribution in [3.8, 4) is 12.1 Å². The number of hydrogen-bond acceptors (Lipinski definition) is 6. The lowest BCUT2D eigenvalue weighted by atomic mass is 10.1. The van der Waals surface area contributed by atoms with E-state index in [0.29, 0.717) is 11.1 Å². The van der Waals surface area contributed by atoms with Crippen LogP contribution in [0.25, 0.3) is 0 Å². The van der Waals surface area contributed by atoms with Crippen molar-refractivity contribution >= 4 is 23.5 Å². The number of aromatic nitrogens is 4. The van der Waals surface area contributed by atoms with Crippen LogP contribution in [0.3, 0.4) is 0 Å². The molecular weight excluding hydrogens is 340 g/mol. The SMILES string of the molecule is Cn1ccnc1Sc1cc(C#N)c(C#N)cc1Sc1nccn1C. The van der Waals surface area contributed by atoms with Crippen molar-refractivity contribution in [3.05, 3.63) is 48.0 Å². The average molecular weight is 352 g/mol. The van der Waals surface area contributed by atoms with Gasteiger partial charge in [-0.25, -0.2) is 9.97 Å². The van der Waals surface area contributed by atoms with E-state index in [1.54, 1.807) is 24.5 Å². The fourth-order valence-electron chi connectivity index (χ4n) is 2.00. The van der Waals surface area contributed by atoms with Crippen molar-refractivity contribution in [2.75, 3.05) is 0 Å². The molecule has 2 aromatic heterocycles. The number of aryl methyl sites for hydroxylation is 2. The molecule has 0 aliphatic carbocycles. The van der Waals surface area contributed by atoms with Crippen LogP contribution >= 0.6 is 23.5 Å². The molecule has 0 saturated carbocycles. The normalized spacial score (nSPS) is 10.3. The van der Waals surface area contributed by atoms with Crippen LogP contribution in [-0.2, 0) is 14.1 Å². The van der Waals surface area contributed by atoms with Crippen molar-refractivity contribution in [2.24, 2.45) is 14.1 Å². The van der Waals surface area contributed by atoms with Gasteiger partial charge in [-0.3, -0.25) is 0 Å². The van der Waals surface area contributed by atoms with Crippen molar-refractivity contribution in [1.82, 2.24) is 19.1 Å². The van der Waals surface area contributed by atoms with E-state index in [9.17, 15) is 10.5 Å². The summed E-state index contributed by atoms with van der Waals surface area (Å²) in [6.07, 6.45) is 7.18. The van der Waals surface area contributed by atoms with Crippen LogP contribution in [0.15, 0.2) is 57.0 Å². The summed E-state index contributed by atoms with van der Waals surface area (Å²) in [5, 5.41) is 20.2. The second-order valence-electron chi connectivity index (χ2n) is 4.91. The molecule has 3 rings (SSSR count). The Balaban J connectivity index is 2.07. The highest BCUT2D eigenvalue weighted by Crippen LogP contribution is 2.39. The van der Waals surface area contributed by atoms with Gasteiger partial charge in [0, 0.05) is 48.7 Å². The summed E-state index contributed by atoms with van der Waals surface area (Å²) in [5.41, 5.74) is 0.719. The molecule has 0 unspecified atom stereocenters. The zero-order chi connectivity index (χ0) is 17.1. The minimum absolute atomic E-state index is 0.360. The molecule has 118 valence electrons. The Morgan fingerprint density at radius 1 is 0.833 bits per heavy atom. The number of nitriles is 2. The minimum Gasteiger partial charge on any atom is -0.329 e. The van der Waals surface area contributed by atoms with Crippen LogP contribution in [-0.4, -0.2) is 19.1 Å². The average Bonchev–Trinajstić information content (AvgIpc) is 3.17. The fraction of sp³-hybridized carbons (Fsp3) is 0.125. The second-order valence-corrected chi connectivity index (χ2v) is 6.93. The summed E-state index contributed by atoms with van der Waals surface area (Å²) < 4.78 is 3.81. The van der Waals surface area contributed by atoms with Crippen LogP contribution in [0.4, 0.5) is 0 Å². The summed E-state index contributed by atoms with van der Waals surface area (Å²) in [6.45, 7) is 0. The van der Waals surface area contributed by atoms with Gasteiger partial charge in [-0.1, -0.05) is 23.5 Å². The van der Waals surface area contributed by atoms with Gasteiger partial charge < -0.3 is 9.13 Å². The Morgan fingerprint density at radius 2 is 1.25 bits per heavy atom. The number of benzene rings is 1. The molecule has 0 spiro atoms. The van der Waals surface area contributed by atoms with E-state index in [1.807, 2.05) is 35.6 Å². The van der Waals surface area contributed by atoms with Gasteiger partial charge >= 0.3 is 0 Å². The van der Waals surface area contributed by atoms with Crippen LogP contribution in [0.1, 0.15) is 11.1 Å². The first-order valence-electron chi connectivity index (χ1n) is 6.91. The summed E-state index contributed by atoms with van der Waals surface area (Å²) in [5.74, 6) is 0. The van der Waals surface area contributed by atoms with Gasteiger partial charge in [-0.2, -0.15) is 10.5 Å². The molecule has 0 amide bonds. The molecular formula is C16H12N6S2. The van der Waals surface area contributed by atoms with E-state index in [2.05, 4.69) is 22.1 Å². The summed E-state index contributed by atoms with van der Waals surface area (Å²) >= 11 is 2.91. The first-order valence-corrected chi connectivity index (χ1v) is 8.54. The summed E-state index contributed by atoms with van der Waals surface area (Å²) in [6, 6.07) is 7.65. The molecule has 0 bridgehead atoms. The van der Waals surface area contributed by atoms with Gasteiger partial charge in [0.2, 0.25) is 0 Å². The quantitative estimate of drug-likeness (QED) is 0.717. The molecule has 24 heavy (non-hydrogen) atoms. The number of hydrogen-bond donors (Lipinski definition) is 0. The predicted molar refractivity (Wildman–Crippen MR) is 90.5 cm³/mol. The third kappa shape index (κ3) is 3.16. The Kier molecular flexibility index (Phi) is 4.61. The second kappa shape index (κ2) is 6.83. The predicted octanol–water partition coefficient (Wildman–Crippen LogP) is 3.20. The monoisotopic (exact) mass is 352 g/mol. The topological polar surface area (TPSA) is 83.2 Å². The van der Waals surface area contributed by atoms with Crippen molar-refractivity contribution in [1.29, 1.82) is 10.5 Å². The zero-order valence-electron chi connectivity index (χ0n) is 13.0. The van der Waals surface area contributed by atoms with Gasteiger partial charge in [0.05, 0.1) is 11.1 Å². The van der Waals surface area contributed by atoms with Gasteiger partial charge in [0.25, 0.3) is 0 Å². The lowest BCUT2D eigenvalue weighted by Crippen LogP contribution is -1.94. The molecule has 1 aromatic carbocycles. The van der Waals surface area contributed by atoms with E-state index in [1.165, 1.54) is 23.5 Å². The summed E-state index contributed by atoms with van der Waals surface area (Å²) in [4.78, 5) is 10.4. The van der Waals surface area contributed by atoms with Gasteiger partial charge in [0.1, 0.15) is 12.1 Å². The first-order chi connectivity index (χ1) is 11.6. The molecule has 0 fully saturated rings. The zero-order valence-corrected chi connectivity index (χ0v) is 14.6. The molecule has 0 atom stereocenters. The van der Waals surface area contributed by atoms with Crippen LogP contribution in [0.5, 0.6) is 0 Å². The number of rotatable bonds is 4. The smallest absolute Gasteiger partial charge is 0.172 e. The first kappa shape index (κ1) is 16.2. The van der Waals surface area contributed by atoms with Crippen molar-refractivity contribution in [3.63, 3.8) is 0 Å². The van der Waals surface area contributed by atoms with E-state index in [-0.39, 0.29) is 0 Å². The molecule has 2 heterocycles. The van der Waals surface area contributed by atoms with Crippen molar-refractivity contribution in [2.45, 2.75) is 20.1 Å². The van der Waals surface area contributed by atoms with Gasteiger partial charge in [-0.15, -0.1) is 0 Å². The maximum Gasteiger partial charge on any atom is 0.172 e. The summed E-state index contributed by atoms with van der Waals surface area (Å²) in [7, 11) is 3.82. The Labute approximate surface area is 147 Å². The minimum atomic E-state index is 0.360. The lowest BCUT2D eigenvalue weighted by molar-refractivity contribution is 0.786. The number of imidazole rings is 2. The highest BCUT2D eigenvalue weighted by molar-refractivity contribution is 8.02. The molecule has 0 aliphatic rings. The van der Waals surface area contributed by atoms with Gasteiger partial charge in [-0.05, 0) is 12.1 Å². The highest BCUT2D eigenvalue weighted by atomic mass is 32.2. The number of nitrogens with zero attached hydrogens (tertiary/aromatic N) is 6. The largest absolute Gasteiger partial charge is 0.329 e. The molecule has 3 aromatic rings. The molecule has 0 saturated heterocycles. The highest BCUT2D eigenvalue weighted by Gasteiger charge is 2.15. The maximum atomic E-state index is 9.29. The van der Waals surface area contributed by atoms with Gasteiger partial charge in [0.15, 0.2) is 10.3 Å². The molecule has 0 N–H and O–H groups in total. The van der Waals surface area contributed by atoms with Crippen molar-refractivity contribution < 1.29 is 0 Å². The molecule has 0 aliphatic heterocycles. The van der Waals surface area contributed by atoms with E-state index < -0.39 is 0 Å². The lowest BCUT2D eigenvalue weighted by Gasteiger charge is -2.10. The standard InChI is InChI=1S/C16H12N6S2/c1-21-5-3-19-15(21)23-13-7-11(9-17)12(10-18)8-14(13)24-16-20-4-6-22(16)2/h3-8H,1-2H3. The molecule has 8 heteroatoms. The van der Waals surface area contributed by atoms with Crippen LogP contribution < -0.4 is 0 Å². The molecule has 6 nitrogen and oxygen atoms in total. The molecule has 0 radical (unpaired) electrons. The third-order valence-electron chi connectivity index (χ3n) is 3.28. The van der Waals surface area contributed by atoms with E-state index in [0.717, 1.165) is 20.1 Å². The third-order valence-corrected chi connectivity index (χ3v) is 5.68. The van der Waals surface area contributed by atoms with Crippen LogP contribution in [0, 0.1) is 22.7 Å². The maximum absolute atomic E-state index is 9.29. The van der Waals surface area contributed by atoms with Crippen LogP contribution in [0.2, 0.25) is 0 Å².